The van der Waals surface area contributed by atoms with Crippen molar-refractivity contribution in [1.29, 1.82) is 0 Å². The van der Waals surface area contributed by atoms with Gasteiger partial charge in [0.05, 0.1) is 22.3 Å². The van der Waals surface area contributed by atoms with Gasteiger partial charge in [-0.1, -0.05) is 44.3 Å². The third kappa shape index (κ3) is 4.25. The number of hydrogen-bond donors (Lipinski definition) is 1. The van der Waals surface area contributed by atoms with Gasteiger partial charge in [0.2, 0.25) is 0 Å². The number of anilines is 1. The number of ether oxygens (including phenoxy) is 3. The van der Waals surface area contributed by atoms with Crippen molar-refractivity contribution in [2.75, 3.05) is 19.5 Å². The van der Waals surface area contributed by atoms with E-state index >= 15 is 0 Å². The number of methoxy groups -OCH3 is 2. The Bertz CT molecular complexity index is 1190. The number of fused-ring (bicyclic) bond motifs is 1. The average Bonchev–Trinajstić information content (AvgIpc) is 3.29. The summed E-state index contributed by atoms with van der Waals surface area (Å²) in [6.07, 6.45) is 0. The average molecular weight is 466 g/mol. The van der Waals surface area contributed by atoms with E-state index in [1.807, 2.05) is 6.92 Å². The van der Waals surface area contributed by atoms with Crippen molar-refractivity contribution < 1.29 is 23.4 Å². The van der Waals surface area contributed by atoms with Crippen LogP contribution in [0.4, 0.5) is 5.69 Å². The molecule has 2 aromatic carbocycles. The van der Waals surface area contributed by atoms with E-state index in [-0.39, 0.29) is 17.1 Å². The lowest BCUT2D eigenvalue weighted by Gasteiger charge is -2.21. The summed E-state index contributed by atoms with van der Waals surface area (Å²) in [5.74, 6) is 1.73. The van der Waals surface area contributed by atoms with Crippen LogP contribution in [-0.4, -0.2) is 28.2 Å². The fourth-order valence-electron chi connectivity index (χ4n) is 4.97. The van der Waals surface area contributed by atoms with Crippen LogP contribution in [0.5, 0.6) is 23.2 Å². The van der Waals surface area contributed by atoms with Gasteiger partial charge in [-0.15, -0.1) is 0 Å². The summed E-state index contributed by atoms with van der Waals surface area (Å²) in [6, 6.07) is 14.2. The van der Waals surface area contributed by atoms with Crippen LogP contribution in [0, 0.1) is 6.92 Å². The zero-order chi connectivity index (χ0) is 24.0. The molecule has 1 amide bonds. The molecule has 2 heterocycles. The number of benzene rings is 2. The lowest BCUT2D eigenvalue weighted by Crippen LogP contribution is -2.37. The Balaban J connectivity index is 1.57. The van der Waals surface area contributed by atoms with Crippen molar-refractivity contribution in [3.8, 4) is 23.2 Å². The summed E-state index contributed by atoms with van der Waals surface area (Å²) in [7, 11) is 1.53. The monoisotopic (exact) mass is 465 g/mol. The molecule has 0 radical (unpaired) electrons. The van der Waals surface area contributed by atoms with Gasteiger partial charge >= 0.3 is 0 Å². The smallest absolute Gasteiger partial charge is 0.291 e. The van der Waals surface area contributed by atoms with Crippen LogP contribution in [0.25, 0.3) is 0 Å². The van der Waals surface area contributed by atoms with Gasteiger partial charge in [-0.05, 0) is 53.8 Å². The second-order valence-electron chi connectivity index (χ2n) is 9.82. The molecule has 0 aliphatic carbocycles. The van der Waals surface area contributed by atoms with Crippen molar-refractivity contribution in [3.63, 3.8) is 0 Å². The van der Waals surface area contributed by atoms with Gasteiger partial charge in [0.1, 0.15) is 22.9 Å². The first-order valence-electron chi connectivity index (χ1n) is 11.0. The lowest BCUT2D eigenvalue weighted by molar-refractivity contribution is 0.0991. The van der Waals surface area contributed by atoms with Gasteiger partial charge in [-0.25, -0.2) is 0 Å². The Morgan fingerprint density at radius 1 is 1.03 bits per heavy atom. The minimum atomic E-state index is -1.54. The molecule has 33 heavy (non-hydrogen) atoms. The number of furan rings is 1. The molecular formula is C26H31NO5Si. The quantitative estimate of drug-likeness (QED) is 0.462. The molecule has 0 fully saturated rings. The number of aryl methyl sites for hydroxylation is 1. The molecule has 1 aliphatic heterocycles. The molecule has 174 valence electrons. The van der Waals surface area contributed by atoms with Crippen molar-refractivity contribution in [2.24, 2.45) is 0 Å². The molecule has 0 saturated carbocycles. The Morgan fingerprint density at radius 3 is 2.33 bits per heavy atom. The third-order valence-electron chi connectivity index (χ3n) is 6.34. The summed E-state index contributed by atoms with van der Waals surface area (Å²) < 4.78 is 22.5. The van der Waals surface area contributed by atoms with Crippen LogP contribution in [0.1, 0.15) is 35.5 Å². The number of para-hydroxylation sites is 1. The molecule has 0 bridgehead atoms. The molecule has 0 unspecified atom stereocenters. The minimum Gasteiger partial charge on any atom is -0.494 e. The Kier molecular flexibility index (Phi) is 5.78. The zero-order valence-corrected chi connectivity index (χ0v) is 21.3. The van der Waals surface area contributed by atoms with Crippen molar-refractivity contribution >= 4 is 24.9 Å². The van der Waals surface area contributed by atoms with Crippen LogP contribution >= 0.6 is 0 Å². The molecule has 1 N–H and O–H groups in total. The standard InChI is InChI=1S/C26H31NO5Si/c1-16-13-17-22(33(6,7)15-26(17,2)3)14-21(16)32-23-12-11-20(31-23)25(28)27-24-18(29-4)9-8-10-19(24)30-5/h8-14H,15H2,1-7H3,(H,27,28). The van der Waals surface area contributed by atoms with Gasteiger partial charge in [0.25, 0.3) is 11.9 Å². The van der Waals surface area contributed by atoms with E-state index in [4.69, 9.17) is 18.6 Å². The molecule has 3 aromatic rings. The van der Waals surface area contributed by atoms with E-state index in [1.165, 1.54) is 31.0 Å². The highest BCUT2D eigenvalue weighted by Crippen LogP contribution is 2.42. The number of hydrogen-bond acceptors (Lipinski definition) is 5. The molecule has 0 spiro atoms. The van der Waals surface area contributed by atoms with E-state index in [0.29, 0.717) is 17.2 Å². The molecule has 4 rings (SSSR count). The van der Waals surface area contributed by atoms with Crippen LogP contribution in [0.2, 0.25) is 19.1 Å². The van der Waals surface area contributed by atoms with Crippen molar-refractivity contribution in [1.82, 2.24) is 0 Å². The fourth-order valence-corrected chi connectivity index (χ4v) is 9.22. The first-order valence-corrected chi connectivity index (χ1v) is 14.2. The fraction of sp³-hybridized carbons (Fsp3) is 0.346. The van der Waals surface area contributed by atoms with E-state index in [9.17, 15) is 4.79 Å². The molecular weight excluding hydrogens is 434 g/mol. The largest absolute Gasteiger partial charge is 0.494 e. The highest BCUT2D eigenvalue weighted by Gasteiger charge is 2.43. The Morgan fingerprint density at radius 2 is 1.70 bits per heavy atom. The van der Waals surface area contributed by atoms with Gasteiger partial charge < -0.3 is 23.9 Å². The summed E-state index contributed by atoms with van der Waals surface area (Å²) in [5, 5.41) is 4.24. The Labute approximate surface area is 195 Å². The van der Waals surface area contributed by atoms with Gasteiger partial charge in [0.15, 0.2) is 5.76 Å². The summed E-state index contributed by atoms with van der Waals surface area (Å²) >= 11 is 0. The second kappa shape index (κ2) is 8.30. The minimum absolute atomic E-state index is 0.132. The third-order valence-corrected chi connectivity index (χ3v) is 9.98. The highest BCUT2D eigenvalue weighted by molar-refractivity contribution is 6.91. The van der Waals surface area contributed by atoms with Gasteiger partial charge in [-0.2, -0.15) is 0 Å². The molecule has 7 heteroatoms. The van der Waals surface area contributed by atoms with Crippen LogP contribution in [0.15, 0.2) is 46.9 Å². The van der Waals surface area contributed by atoms with E-state index in [2.05, 4.69) is 44.4 Å². The maximum absolute atomic E-state index is 12.8. The predicted molar refractivity (Wildman–Crippen MR) is 132 cm³/mol. The summed E-state index contributed by atoms with van der Waals surface area (Å²) in [6.45, 7) is 11.5. The number of amides is 1. The predicted octanol–water partition coefficient (Wildman–Crippen LogP) is 5.86. The number of nitrogens with one attached hydrogen (secondary N) is 1. The summed E-state index contributed by atoms with van der Waals surface area (Å²) in [4.78, 5) is 12.8. The van der Waals surface area contributed by atoms with Crippen LogP contribution in [-0.2, 0) is 5.41 Å². The van der Waals surface area contributed by atoms with Gasteiger partial charge in [0, 0.05) is 6.07 Å². The first-order chi connectivity index (χ1) is 15.6. The molecule has 0 atom stereocenters. The molecule has 6 nitrogen and oxygen atoms in total. The highest BCUT2D eigenvalue weighted by atomic mass is 28.3. The maximum atomic E-state index is 12.8. The lowest BCUT2D eigenvalue weighted by atomic mass is 9.86. The molecule has 1 aromatic heterocycles. The van der Waals surface area contributed by atoms with E-state index in [0.717, 1.165) is 11.3 Å². The second-order valence-corrected chi connectivity index (χ2v) is 14.5. The molecule has 1 aliphatic rings. The van der Waals surface area contributed by atoms with Crippen molar-refractivity contribution in [2.45, 2.75) is 45.3 Å². The zero-order valence-electron chi connectivity index (χ0n) is 20.3. The Hall–Kier alpha value is -3.19. The number of rotatable bonds is 6. The molecule has 0 saturated heterocycles. The number of carbonyl (C=O) groups excluding carboxylic acids is 1. The summed E-state index contributed by atoms with van der Waals surface area (Å²) in [5.41, 5.74) is 3.10. The first kappa shape index (κ1) is 23.0. The SMILES string of the molecule is COc1cccc(OC)c1NC(=O)c1ccc(Oc2cc3c(cc2C)C(C)(C)C[Si]3(C)C)o1. The van der Waals surface area contributed by atoms with Crippen LogP contribution in [0.3, 0.4) is 0 Å². The van der Waals surface area contributed by atoms with E-state index in [1.54, 1.807) is 30.3 Å². The van der Waals surface area contributed by atoms with E-state index < -0.39 is 14.0 Å². The number of carbonyl (C=O) groups is 1. The van der Waals surface area contributed by atoms with Crippen molar-refractivity contribution in [3.05, 3.63) is 59.4 Å². The topological polar surface area (TPSA) is 69.9 Å². The van der Waals surface area contributed by atoms with Gasteiger partial charge in [-0.3, -0.25) is 4.79 Å². The van der Waals surface area contributed by atoms with Crippen LogP contribution < -0.4 is 24.7 Å². The maximum Gasteiger partial charge on any atom is 0.291 e. The normalized spacial score (nSPS) is 15.6.